The van der Waals surface area contributed by atoms with Crippen LogP contribution in [0.4, 0.5) is 0 Å². The molecule has 1 amide bonds. The number of hydrogen-bond donors (Lipinski definition) is 3. The number of fused-ring (bicyclic) bond motifs is 1. The molecule has 1 aromatic carbocycles. The molecule has 132 valence electrons. The van der Waals surface area contributed by atoms with E-state index >= 15 is 0 Å². The summed E-state index contributed by atoms with van der Waals surface area (Å²) < 4.78 is 0. The van der Waals surface area contributed by atoms with Crippen molar-refractivity contribution in [2.75, 3.05) is 13.2 Å². The van der Waals surface area contributed by atoms with Crippen molar-refractivity contribution in [2.24, 2.45) is 0 Å². The summed E-state index contributed by atoms with van der Waals surface area (Å²) in [5, 5.41) is 15.8. The highest BCUT2D eigenvalue weighted by molar-refractivity contribution is 7.09. The third-order valence-corrected chi connectivity index (χ3v) is 5.07. The molecule has 3 rings (SSSR count). The Morgan fingerprint density at radius 2 is 2.12 bits per heavy atom. The number of benzene rings is 1. The zero-order valence-corrected chi connectivity index (χ0v) is 14.9. The lowest BCUT2D eigenvalue weighted by Gasteiger charge is -2.01. The van der Waals surface area contributed by atoms with E-state index in [0.29, 0.717) is 19.4 Å². The molecule has 0 aliphatic rings. The quantitative estimate of drug-likeness (QED) is 0.515. The number of thiazole rings is 1. The van der Waals surface area contributed by atoms with Crippen molar-refractivity contribution in [3.05, 3.63) is 52.1 Å². The van der Waals surface area contributed by atoms with Gasteiger partial charge in [-0.2, -0.15) is 0 Å². The molecule has 3 N–H and O–H groups in total. The maximum atomic E-state index is 11.8. The Kier molecular flexibility index (Phi) is 6.19. The lowest BCUT2D eigenvalue weighted by atomic mass is 10.1. The fourth-order valence-electron chi connectivity index (χ4n) is 2.85. The molecule has 2 aromatic heterocycles. The number of amides is 1. The SMILES string of the molecule is O=C(Cc1csc(CCCc2c[nH]c3ccccc23)n1)NCCCO. The molecule has 0 saturated heterocycles. The van der Waals surface area contributed by atoms with E-state index in [1.807, 2.05) is 11.4 Å². The second-order valence-electron chi connectivity index (χ2n) is 6.05. The van der Waals surface area contributed by atoms with Gasteiger partial charge in [-0.3, -0.25) is 4.79 Å². The molecule has 0 aliphatic carbocycles. The molecule has 25 heavy (non-hydrogen) atoms. The summed E-state index contributed by atoms with van der Waals surface area (Å²) in [7, 11) is 0. The van der Waals surface area contributed by atoms with E-state index in [1.165, 1.54) is 16.5 Å². The molecule has 6 heteroatoms. The van der Waals surface area contributed by atoms with Crippen LogP contribution in [0, 0.1) is 0 Å². The van der Waals surface area contributed by atoms with Gasteiger partial charge in [0.05, 0.1) is 17.1 Å². The van der Waals surface area contributed by atoms with Gasteiger partial charge in [0.2, 0.25) is 5.91 Å². The molecule has 0 saturated carbocycles. The van der Waals surface area contributed by atoms with Crippen molar-refractivity contribution in [1.29, 1.82) is 0 Å². The van der Waals surface area contributed by atoms with Gasteiger partial charge in [-0.1, -0.05) is 18.2 Å². The average molecular weight is 357 g/mol. The minimum Gasteiger partial charge on any atom is -0.396 e. The normalized spacial score (nSPS) is 11.1. The second-order valence-corrected chi connectivity index (χ2v) is 6.99. The lowest BCUT2D eigenvalue weighted by Crippen LogP contribution is -2.26. The first-order chi connectivity index (χ1) is 12.3. The van der Waals surface area contributed by atoms with Crippen molar-refractivity contribution in [3.8, 4) is 0 Å². The van der Waals surface area contributed by atoms with Gasteiger partial charge in [-0.15, -0.1) is 11.3 Å². The summed E-state index contributed by atoms with van der Waals surface area (Å²) in [6.07, 6.45) is 5.97. The highest BCUT2D eigenvalue weighted by Crippen LogP contribution is 2.20. The summed E-state index contributed by atoms with van der Waals surface area (Å²) in [5.74, 6) is -0.0379. The summed E-state index contributed by atoms with van der Waals surface area (Å²) in [6.45, 7) is 0.606. The molecule has 0 atom stereocenters. The third kappa shape index (κ3) is 4.90. The van der Waals surface area contributed by atoms with Crippen LogP contribution in [0.15, 0.2) is 35.8 Å². The van der Waals surface area contributed by atoms with Crippen LogP contribution in [0.3, 0.4) is 0 Å². The van der Waals surface area contributed by atoms with Crippen molar-refractivity contribution in [3.63, 3.8) is 0 Å². The predicted octanol–water partition coefficient (Wildman–Crippen LogP) is 2.84. The van der Waals surface area contributed by atoms with Gasteiger partial charge >= 0.3 is 0 Å². The number of nitrogens with zero attached hydrogens (tertiary/aromatic N) is 1. The molecule has 5 nitrogen and oxygen atoms in total. The molecule has 0 spiro atoms. The van der Waals surface area contributed by atoms with Gasteiger partial charge in [0.1, 0.15) is 0 Å². The Morgan fingerprint density at radius 3 is 3.00 bits per heavy atom. The fourth-order valence-corrected chi connectivity index (χ4v) is 3.69. The number of aliphatic hydroxyl groups excluding tert-OH is 1. The Bertz CT molecular complexity index is 825. The molecule has 0 fully saturated rings. The van der Waals surface area contributed by atoms with Crippen molar-refractivity contribution < 1.29 is 9.90 Å². The molecular weight excluding hydrogens is 334 g/mol. The second kappa shape index (κ2) is 8.78. The Hall–Kier alpha value is -2.18. The van der Waals surface area contributed by atoms with Crippen molar-refractivity contribution in [1.82, 2.24) is 15.3 Å². The first-order valence-corrected chi connectivity index (χ1v) is 9.50. The smallest absolute Gasteiger partial charge is 0.226 e. The van der Waals surface area contributed by atoms with E-state index in [2.05, 4.69) is 39.7 Å². The van der Waals surface area contributed by atoms with Crippen LogP contribution in [-0.4, -0.2) is 34.1 Å². The van der Waals surface area contributed by atoms with Crippen molar-refractivity contribution >= 4 is 28.1 Å². The number of aromatic nitrogens is 2. The minimum atomic E-state index is -0.0379. The van der Waals surface area contributed by atoms with E-state index < -0.39 is 0 Å². The van der Waals surface area contributed by atoms with Crippen LogP contribution >= 0.6 is 11.3 Å². The van der Waals surface area contributed by atoms with Crippen molar-refractivity contribution in [2.45, 2.75) is 32.1 Å². The summed E-state index contributed by atoms with van der Waals surface area (Å²) in [4.78, 5) is 19.6. The number of carbonyl (C=O) groups excluding carboxylic acids is 1. The third-order valence-electron chi connectivity index (χ3n) is 4.11. The van der Waals surface area contributed by atoms with Gasteiger partial charge in [0, 0.05) is 35.6 Å². The van der Waals surface area contributed by atoms with E-state index in [9.17, 15) is 4.79 Å². The molecule has 0 bridgehead atoms. The zero-order chi connectivity index (χ0) is 17.5. The summed E-state index contributed by atoms with van der Waals surface area (Å²) >= 11 is 1.62. The van der Waals surface area contributed by atoms with Crippen LogP contribution in [0.5, 0.6) is 0 Å². The maximum Gasteiger partial charge on any atom is 0.226 e. The predicted molar refractivity (Wildman–Crippen MR) is 101 cm³/mol. The van der Waals surface area contributed by atoms with Crippen LogP contribution in [-0.2, 0) is 24.1 Å². The monoisotopic (exact) mass is 357 g/mol. The minimum absolute atomic E-state index is 0.0379. The molecule has 0 aliphatic heterocycles. The first kappa shape index (κ1) is 17.6. The molecular formula is C19H23N3O2S. The van der Waals surface area contributed by atoms with Crippen LogP contribution in [0.1, 0.15) is 29.1 Å². The van der Waals surface area contributed by atoms with Gasteiger partial charge < -0.3 is 15.4 Å². The molecule has 3 aromatic rings. The van der Waals surface area contributed by atoms with Crippen LogP contribution < -0.4 is 5.32 Å². The number of H-pyrrole nitrogens is 1. The highest BCUT2D eigenvalue weighted by atomic mass is 32.1. The standard InChI is InChI=1S/C19H23N3O2S/c23-10-4-9-20-18(24)11-15-13-25-19(22-15)8-3-5-14-12-21-17-7-2-1-6-16(14)17/h1-2,6-7,12-13,21,23H,3-5,8-11H2,(H,20,24). The Morgan fingerprint density at radius 1 is 1.24 bits per heavy atom. The molecule has 2 heterocycles. The van der Waals surface area contributed by atoms with E-state index in [0.717, 1.165) is 30.0 Å². The van der Waals surface area contributed by atoms with Gasteiger partial charge in [-0.05, 0) is 37.3 Å². The number of para-hydroxylation sites is 1. The van der Waals surface area contributed by atoms with E-state index in [1.54, 1.807) is 11.3 Å². The van der Waals surface area contributed by atoms with E-state index in [4.69, 9.17) is 5.11 Å². The fraction of sp³-hybridized carbons (Fsp3) is 0.368. The largest absolute Gasteiger partial charge is 0.396 e. The number of hydrogen-bond acceptors (Lipinski definition) is 4. The lowest BCUT2D eigenvalue weighted by molar-refractivity contribution is -0.120. The maximum absolute atomic E-state index is 11.8. The van der Waals surface area contributed by atoms with Crippen LogP contribution in [0.25, 0.3) is 10.9 Å². The highest BCUT2D eigenvalue weighted by Gasteiger charge is 2.08. The molecule has 0 unspecified atom stereocenters. The van der Waals surface area contributed by atoms with E-state index in [-0.39, 0.29) is 12.5 Å². The Balaban J connectivity index is 1.46. The average Bonchev–Trinajstić information content (AvgIpc) is 3.23. The number of nitrogens with one attached hydrogen (secondary N) is 2. The first-order valence-electron chi connectivity index (χ1n) is 8.62. The topological polar surface area (TPSA) is 78.0 Å². The zero-order valence-electron chi connectivity index (χ0n) is 14.1. The molecule has 0 radical (unpaired) electrons. The number of aliphatic hydroxyl groups is 1. The number of rotatable bonds is 9. The number of aryl methyl sites for hydroxylation is 2. The van der Waals surface area contributed by atoms with Crippen LogP contribution in [0.2, 0.25) is 0 Å². The van der Waals surface area contributed by atoms with Gasteiger partial charge in [0.25, 0.3) is 0 Å². The summed E-state index contributed by atoms with van der Waals surface area (Å²) in [6, 6.07) is 8.35. The summed E-state index contributed by atoms with van der Waals surface area (Å²) in [5.41, 5.74) is 3.35. The Labute approximate surface area is 151 Å². The number of carbonyl (C=O) groups is 1. The number of aromatic amines is 1. The van der Waals surface area contributed by atoms with Gasteiger partial charge in [-0.25, -0.2) is 4.98 Å². The van der Waals surface area contributed by atoms with Gasteiger partial charge in [0.15, 0.2) is 0 Å².